The first-order valence-electron chi connectivity index (χ1n) is 10.7. The SMILES string of the molecule is COc1cc(CCc2ccc(O)c(OC)c2)c2c(c1)OC(c1ccc(O)c(OC)c1)C(O)C2. The van der Waals surface area contributed by atoms with Crippen LogP contribution in [0.15, 0.2) is 48.5 Å². The van der Waals surface area contributed by atoms with Gasteiger partial charge in [-0.2, -0.15) is 0 Å². The van der Waals surface area contributed by atoms with Crippen molar-refractivity contribution in [1.82, 2.24) is 0 Å². The summed E-state index contributed by atoms with van der Waals surface area (Å²) in [5, 5.41) is 30.7. The molecule has 1 heterocycles. The van der Waals surface area contributed by atoms with Gasteiger partial charge in [-0.15, -0.1) is 0 Å². The Hall–Kier alpha value is -3.58. The number of aliphatic hydroxyl groups is 1. The zero-order valence-electron chi connectivity index (χ0n) is 18.9. The van der Waals surface area contributed by atoms with E-state index >= 15 is 0 Å². The van der Waals surface area contributed by atoms with Crippen molar-refractivity contribution in [3.05, 3.63) is 70.8 Å². The molecule has 0 spiro atoms. The number of fused-ring (bicyclic) bond motifs is 1. The number of benzene rings is 3. The molecule has 33 heavy (non-hydrogen) atoms. The Bertz CT molecular complexity index is 1120. The quantitative estimate of drug-likeness (QED) is 0.499. The Morgan fingerprint density at radius 1 is 0.848 bits per heavy atom. The summed E-state index contributed by atoms with van der Waals surface area (Å²) in [6.07, 6.45) is 0.453. The van der Waals surface area contributed by atoms with Crippen molar-refractivity contribution in [1.29, 1.82) is 0 Å². The molecule has 7 nitrogen and oxygen atoms in total. The third kappa shape index (κ3) is 4.64. The lowest BCUT2D eigenvalue weighted by molar-refractivity contribution is 0.0202. The van der Waals surface area contributed by atoms with Gasteiger partial charge in [-0.1, -0.05) is 12.1 Å². The maximum absolute atomic E-state index is 10.9. The summed E-state index contributed by atoms with van der Waals surface area (Å²) in [6.45, 7) is 0. The molecule has 0 aromatic heterocycles. The van der Waals surface area contributed by atoms with Gasteiger partial charge < -0.3 is 34.3 Å². The molecule has 0 fully saturated rings. The van der Waals surface area contributed by atoms with Crippen LogP contribution >= 0.6 is 0 Å². The minimum atomic E-state index is -0.771. The van der Waals surface area contributed by atoms with Gasteiger partial charge in [-0.3, -0.25) is 0 Å². The number of phenolic OH excluding ortho intramolecular Hbond substituents is 2. The van der Waals surface area contributed by atoms with Gasteiger partial charge in [0.2, 0.25) is 0 Å². The molecule has 2 atom stereocenters. The third-order valence-electron chi connectivity index (χ3n) is 5.99. The predicted molar refractivity (Wildman–Crippen MR) is 123 cm³/mol. The van der Waals surface area contributed by atoms with Crippen LogP contribution in [0.5, 0.6) is 34.5 Å². The van der Waals surface area contributed by atoms with E-state index in [1.807, 2.05) is 24.3 Å². The topological polar surface area (TPSA) is 97.6 Å². The fourth-order valence-corrected chi connectivity index (χ4v) is 4.20. The van der Waals surface area contributed by atoms with Crippen molar-refractivity contribution in [2.45, 2.75) is 31.5 Å². The number of aliphatic hydroxyl groups excluding tert-OH is 1. The lowest BCUT2D eigenvalue weighted by atomic mass is 9.89. The molecule has 1 aliphatic rings. The van der Waals surface area contributed by atoms with Crippen LogP contribution in [0.1, 0.15) is 28.4 Å². The van der Waals surface area contributed by atoms with E-state index in [-0.39, 0.29) is 11.5 Å². The fraction of sp³-hybridized carbons (Fsp3) is 0.308. The highest BCUT2D eigenvalue weighted by Crippen LogP contribution is 2.41. The van der Waals surface area contributed by atoms with Gasteiger partial charge in [-0.05, 0) is 59.9 Å². The number of ether oxygens (including phenoxy) is 4. The van der Waals surface area contributed by atoms with Gasteiger partial charge in [0.15, 0.2) is 23.0 Å². The van der Waals surface area contributed by atoms with Crippen LogP contribution in [0.4, 0.5) is 0 Å². The maximum Gasteiger partial charge on any atom is 0.160 e. The van der Waals surface area contributed by atoms with Crippen LogP contribution in [0, 0.1) is 0 Å². The Balaban J connectivity index is 1.62. The molecular weight excluding hydrogens is 424 g/mol. The largest absolute Gasteiger partial charge is 0.504 e. The first-order valence-corrected chi connectivity index (χ1v) is 10.7. The molecule has 7 heteroatoms. The lowest BCUT2D eigenvalue weighted by Crippen LogP contribution is -2.31. The molecule has 0 saturated heterocycles. The Labute approximate surface area is 192 Å². The van der Waals surface area contributed by atoms with Crippen molar-refractivity contribution in [3.8, 4) is 34.5 Å². The van der Waals surface area contributed by atoms with Crippen LogP contribution in [0.25, 0.3) is 0 Å². The third-order valence-corrected chi connectivity index (χ3v) is 5.99. The summed E-state index contributed by atoms with van der Waals surface area (Å²) in [7, 11) is 4.61. The number of hydrogen-bond donors (Lipinski definition) is 3. The normalized spacial score (nSPS) is 17.1. The molecule has 1 aliphatic heterocycles. The molecule has 0 aliphatic carbocycles. The van der Waals surface area contributed by atoms with Gasteiger partial charge in [0.1, 0.15) is 17.6 Å². The highest BCUT2D eigenvalue weighted by molar-refractivity contribution is 5.50. The van der Waals surface area contributed by atoms with Crippen LogP contribution in [0.2, 0.25) is 0 Å². The van der Waals surface area contributed by atoms with E-state index in [9.17, 15) is 15.3 Å². The molecule has 0 bridgehead atoms. The van der Waals surface area contributed by atoms with E-state index in [0.717, 1.165) is 16.7 Å². The number of aryl methyl sites for hydroxylation is 2. The minimum Gasteiger partial charge on any atom is -0.504 e. The van der Waals surface area contributed by atoms with Crippen molar-refractivity contribution in [2.75, 3.05) is 21.3 Å². The van der Waals surface area contributed by atoms with E-state index < -0.39 is 12.2 Å². The van der Waals surface area contributed by atoms with E-state index in [0.29, 0.717) is 47.8 Å². The van der Waals surface area contributed by atoms with Crippen molar-refractivity contribution in [3.63, 3.8) is 0 Å². The summed E-state index contributed by atoms with van der Waals surface area (Å²) in [4.78, 5) is 0. The number of phenols is 2. The average molecular weight is 453 g/mol. The van der Waals surface area contributed by atoms with Crippen LogP contribution in [-0.2, 0) is 19.3 Å². The number of hydrogen-bond acceptors (Lipinski definition) is 7. The summed E-state index contributed by atoms with van der Waals surface area (Å²) in [5.41, 5.74) is 3.70. The van der Waals surface area contributed by atoms with Gasteiger partial charge >= 0.3 is 0 Å². The summed E-state index contributed by atoms with van der Waals surface area (Å²) in [5.74, 6) is 2.23. The number of methoxy groups -OCH3 is 3. The Kier molecular flexibility index (Phi) is 6.51. The maximum atomic E-state index is 10.9. The van der Waals surface area contributed by atoms with E-state index in [4.69, 9.17) is 18.9 Å². The number of rotatable bonds is 7. The predicted octanol–water partition coefficient (Wildman–Crippen LogP) is 3.95. The average Bonchev–Trinajstić information content (AvgIpc) is 2.83. The van der Waals surface area contributed by atoms with Crippen molar-refractivity contribution in [2.24, 2.45) is 0 Å². The molecule has 0 saturated carbocycles. The van der Waals surface area contributed by atoms with Gasteiger partial charge in [0.05, 0.1) is 27.4 Å². The monoisotopic (exact) mass is 452 g/mol. The molecule has 0 radical (unpaired) electrons. The molecule has 2 unspecified atom stereocenters. The fourth-order valence-electron chi connectivity index (χ4n) is 4.20. The molecule has 3 aromatic carbocycles. The second-order valence-electron chi connectivity index (χ2n) is 8.01. The molecule has 3 N–H and O–H groups in total. The van der Waals surface area contributed by atoms with E-state index in [1.165, 1.54) is 20.3 Å². The summed E-state index contributed by atoms with van der Waals surface area (Å²) in [6, 6.07) is 14.0. The van der Waals surface area contributed by atoms with Gasteiger partial charge in [0.25, 0.3) is 0 Å². The highest BCUT2D eigenvalue weighted by atomic mass is 16.5. The van der Waals surface area contributed by atoms with Crippen LogP contribution in [0.3, 0.4) is 0 Å². The summed E-state index contributed by atoms with van der Waals surface area (Å²) >= 11 is 0. The second kappa shape index (κ2) is 9.50. The Morgan fingerprint density at radius 3 is 2.24 bits per heavy atom. The van der Waals surface area contributed by atoms with Crippen molar-refractivity contribution >= 4 is 0 Å². The molecule has 174 valence electrons. The molecule has 0 amide bonds. The zero-order valence-corrected chi connectivity index (χ0v) is 18.9. The zero-order chi connectivity index (χ0) is 23.5. The lowest BCUT2D eigenvalue weighted by Gasteiger charge is -2.32. The van der Waals surface area contributed by atoms with Gasteiger partial charge in [-0.25, -0.2) is 0 Å². The number of aromatic hydroxyl groups is 2. The first kappa shape index (κ1) is 22.6. The molecule has 4 rings (SSSR count). The van der Waals surface area contributed by atoms with Crippen LogP contribution in [-0.4, -0.2) is 42.8 Å². The van der Waals surface area contributed by atoms with Crippen LogP contribution < -0.4 is 18.9 Å². The highest BCUT2D eigenvalue weighted by Gasteiger charge is 2.32. The van der Waals surface area contributed by atoms with Crippen molar-refractivity contribution < 1.29 is 34.3 Å². The Morgan fingerprint density at radius 2 is 1.55 bits per heavy atom. The second-order valence-corrected chi connectivity index (χ2v) is 8.01. The summed E-state index contributed by atoms with van der Waals surface area (Å²) < 4.78 is 22.1. The smallest absolute Gasteiger partial charge is 0.160 e. The van der Waals surface area contributed by atoms with E-state index in [2.05, 4.69) is 0 Å². The molecule has 3 aromatic rings. The minimum absolute atomic E-state index is 0.0294. The first-order chi connectivity index (χ1) is 15.9. The molecular formula is C26H28O7. The van der Waals surface area contributed by atoms with Gasteiger partial charge in [0, 0.05) is 18.1 Å². The van der Waals surface area contributed by atoms with E-state index in [1.54, 1.807) is 25.3 Å². The standard InChI is InChI=1S/C26H28O7/c1-30-18-11-16(6-4-15-5-8-20(27)24(10-15)31-2)19-14-22(29)26(33-23(19)13-18)17-7-9-21(28)25(12-17)32-3/h5,7-13,22,26-29H,4,6,14H2,1-3H3.